The van der Waals surface area contributed by atoms with Crippen LogP contribution in [0.4, 0.5) is 15.9 Å². The molecule has 0 aliphatic heterocycles. The van der Waals surface area contributed by atoms with Crippen LogP contribution in [0, 0.1) is 5.82 Å². The number of benzene rings is 2. The minimum absolute atomic E-state index is 0.0583. The second-order valence-electron chi connectivity index (χ2n) is 5.10. The second kappa shape index (κ2) is 7.36. The van der Waals surface area contributed by atoms with E-state index in [9.17, 15) is 4.39 Å². The number of nitrogens with one attached hydrogen (secondary N) is 1. The van der Waals surface area contributed by atoms with Crippen molar-refractivity contribution in [3.63, 3.8) is 0 Å². The Balaban J connectivity index is 2.05. The molecule has 1 heterocycles. The summed E-state index contributed by atoms with van der Waals surface area (Å²) >= 11 is 5.71. The van der Waals surface area contributed by atoms with Gasteiger partial charge >= 0.3 is 0 Å². The molecule has 2 aromatic carbocycles. The summed E-state index contributed by atoms with van der Waals surface area (Å²) in [5.41, 5.74) is 1.18. The lowest BCUT2D eigenvalue weighted by Crippen LogP contribution is -2.00. The maximum Gasteiger partial charge on any atom is 0.162 e. The largest absolute Gasteiger partial charge is 0.493 e. The van der Waals surface area contributed by atoms with E-state index in [0.717, 1.165) is 0 Å². The molecule has 0 aliphatic rings. The lowest BCUT2D eigenvalue weighted by molar-refractivity contribution is 0.327. The molecule has 0 aliphatic carbocycles. The first-order valence-corrected chi connectivity index (χ1v) is 7.78. The third-order valence-corrected chi connectivity index (χ3v) is 3.77. The van der Waals surface area contributed by atoms with Crippen molar-refractivity contribution < 1.29 is 13.9 Å². The highest BCUT2D eigenvalue weighted by Crippen LogP contribution is 2.35. The maximum absolute atomic E-state index is 13.6. The fourth-order valence-corrected chi connectivity index (χ4v) is 2.41. The van der Waals surface area contributed by atoms with Crippen LogP contribution >= 0.6 is 11.6 Å². The predicted molar refractivity (Wildman–Crippen MR) is 96.5 cm³/mol. The number of hydrogen-bond donors (Lipinski definition) is 1. The Bertz CT molecular complexity index is 934. The number of hydrogen-bond acceptors (Lipinski definition) is 5. The number of methoxy groups -OCH3 is 1. The van der Waals surface area contributed by atoms with E-state index in [0.29, 0.717) is 40.5 Å². The van der Waals surface area contributed by atoms with Gasteiger partial charge in [-0.1, -0.05) is 24.3 Å². The monoisotopic (exact) mass is 359 g/mol. The molecule has 3 aromatic rings. The Morgan fingerprint density at radius 3 is 2.80 bits per heavy atom. The first-order chi connectivity index (χ1) is 12.1. The Morgan fingerprint density at radius 2 is 2.08 bits per heavy atom. The van der Waals surface area contributed by atoms with Crippen LogP contribution in [0.25, 0.3) is 10.9 Å². The van der Waals surface area contributed by atoms with Crippen LogP contribution in [0.2, 0.25) is 5.02 Å². The number of aromatic nitrogens is 2. The van der Waals surface area contributed by atoms with Gasteiger partial charge in [-0.15, -0.1) is 0 Å². The molecule has 128 valence electrons. The fraction of sp³-hybridized carbons (Fsp3) is 0.111. The van der Waals surface area contributed by atoms with Gasteiger partial charge in [-0.2, -0.15) is 0 Å². The molecule has 0 saturated carbocycles. The predicted octanol–water partition coefficient (Wildman–Crippen LogP) is 4.74. The molecule has 1 aromatic heterocycles. The third-order valence-electron chi connectivity index (χ3n) is 3.46. The third kappa shape index (κ3) is 3.64. The highest BCUT2D eigenvalue weighted by atomic mass is 35.5. The number of fused-ring (bicyclic) bond motifs is 1. The van der Waals surface area contributed by atoms with Crippen molar-refractivity contribution in [2.45, 2.75) is 0 Å². The van der Waals surface area contributed by atoms with E-state index in [-0.39, 0.29) is 5.02 Å². The average Bonchev–Trinajstić information content (AvgIpc) is 2.62. The number of halogens is 2. The smallest absolute Gasteiger partial charge is 0.162 e. The lowest BCUT2D eigenvalue weighted by atomic mass is 10.2. The molecule has 0 fully saturated rings. The topological polar surface area (TPSA) is 56.3 Å². The lowest BCUT2D eigenvalue weighted by Gasteiger charge is -2.13. The molecule has 0 saturated heterocycles. The van der Waals surface area contributed by atoms with Crippen molar-refractivity contribution >= 4 is 34.0 Å². The Morgan fingerprint density at radius 1 is 1.24 bits per heavy atom. The van der Waals surface area contributed by atoms with Crippen molar-refractivity contribution in [3.05, 3.63) is 60.2 Å². The summed E-state index contributed by atoms with van der Waals surface area (Å²) in [4.78, 5) is 8.48. The van der Waals surface area contributed by atoms with Gasteiger partial charge in [-0.3, -0.25) is 0 Å². The van der Waals surface area contributed by atoms with E-state index < -0.39 is 5.82 Å². The summed E-state index contributed by atoms with van der Waals surface area (Å²) in [6.07, 6.45) is 3.06. The summed E-state index contributed by atoms with van der Waals surface area (Å²) in [5, 5.41) is 3.83. The van der Waals surface area contributed by atoms with E-state index in [1.807, 2.05) is 0 Å². The van der Waals surface area contributed by atoms with Gasteiger partial charge in [-0.05, 0) is 24.3 Å². The van der Waals surface area contributed by atoms with Gasteiger partial charge in [0.25, 0.3) is 0 Å². The van der Waals surface area contributed by atoms with Crippen LogP contribution in [0.15, 0.2) is 49.3 Å². The van der Waals surface area contributed by atoms with Crippen LogP contribution in [0.1, 0.15) is 0 Å². The molecule has 0 unspecified atom stereocenters. The zero-order chi connectivity index (χ0) is 17.8. The molecule has 0 radical (unpaired) electrons. The van der Waals surface area contributed by atoms with Gasteiger partial charge < -0.3 is 14.8 Å². The highest BCUT2D eigenvalue weighted by Gasteiger charge is 2.12. The summed E-state index contributed by atoms with van der Waals surface area (Å²) in [5.74, 6) is 1.09. The average molecular weight is 360 g/mol. The molecule has 7 heteroatoms. The number of rotatable bonds is 6. The van der Waals surface area contributed by atoms with E-state index in [4.69, 9.17) is 21.1 Å². The minimum Gasteiger partial charge on any atom is -0.493 e. The zero-order valence-corrected chi connectivity index (χ0v) is 14.2. The van der Waals surface area contributed by atoms with Gasteiger partial charge in [0.15, 0.2) is 11.5 Å². The summed E-state index contributed by atoms with van der Waals surface area (Å²) < 4.78 is 24.6. The van der Waals surface area contributed by atoms with Crippen molar-refractivity contribution in [1.29, 1.82) is 0 Å². The second-order valence-corrected chi connectivity index (χ2v) is 5.50. The first kappa shape index (κ1) is 17.0. The van der Waals surface area contributed by atoms with Gasteiger partial charge in [0.1, 0.15) is 24.6 Å². The molecule has 5 nitrogen and oxygen atoms in total. The normalized spacial score (nSPS) is 10.5. The molecule has 3 rings (SSSR count). The highest BCUT2D eigenvalue weighted by molar-refractivity contribution is 6.30. The molecule has 0 bridgehead atoms. The minimum atomic E-state index is -0.512. The molecule has 0 atom stereocenters. The van der Waals surface area contributed by atoms with E-state index >= 15 is 0 Å². The molecular formula is C18H15ClFN3O2. The fourth-order valence-electron chi connectivity index (χ4n) is 2.30. The molecule has 0 amide bonds. The summed E-state index contributed by atoms with van der Waals surface area (Å²) in [6.45, 7) is 3.97. The Hall–Kier alpha value is -2.86. The molecule has 25 heavy (non-hydrogen) atoms. The van der Waals surface area contributed by atoms with Crippen molar-refractivity contribution in [2.24, 2.45) is 0 Å². The van der Waals surface area contributed by atoms with Gasteiger partial charge in [0.2, 0.25) is 0 Å². The van der Waals surface area contributed by atoms with Crippen molar-refractivity contribution in [2.75, 3.05) is 19.0 Å². The van der Waals surface area contributed by atoms with Gasteiger partial charge in [0, 0.05) is 17.1 Å². The van der Waals surface area contributed by atoms with E-state index in [1.54, 1.807) is 31.4 Å². The molecule has 1 N–H and O–H groups in total. The Labute approximate surface area is 149 Å². The zero-order valence-electron chi connectivity index (χ0n) is 13.4. The van der Waals surface area contributed by atoms with Crippen molar-refractivity contribution in [3.8, 4) is 11.5 Å². The number of nitrogens with zero attached hydrogens (tertiary/aromatic N) is 2. The van der Waals surface area contributed by atoms with Crippen LogP contribution in [0.5, 0.6) is 11.5 Å². The maximum atomic E-state index is 13.6. The van der Waals surface area contributed by atoms with Gasteiger partial charge in [-0.25, -0.2) is 14.4 Å². The van der Waals surface area contributed by atoms with Gasteiger partial charge in [0.05, 0.1) is 17.6 Å². The van der Waals surface area contributed by atoms with Crippen LogP contribution in [0.3, 0.4) is 0 Å². The standard InChI is InChI=1S/C18H15ClFN3O2/c1-3-6-25-17-8-12-15(9-16(17)24-2)21-10-22-18(12)23-11-4-5-13(19)14(20)7-11/h3-5,7-10H,1,6H2,2H3,(H,21,22,23). The molecule has 0 spiro atoms. The summed E-state index contributed by atoms with van der Waals surface area (Å²) in [7, 11) is 1.55. The van der Waals surface area contributed by atoms with Crippen LogP contribution in [-0.2, 0) is 0 Å². The molecular weight excluding hydrogens is 345 g/mol. The van der Waals surface area contributed by atoms with Crippen LogP contribution in [-0.4, -0.2) is 23.7 Å². The first-order valence-electron chi connectivity index (χ1n) is 7.41. The quantitative estimate of drug-likeness (QED) is 0.644. The van der Waals surface area contributed by atoms with E-state index in [1.165, 1.54) is 18.5 Å². The Kier molecular flexibility index (Phi) is 5.00. The van der Waals surface area contributed by atoms with E-state index in [2.05, 4.69) is 21.9 Å². The number of anilines is 2. The van der Waals surface area contributed by atoms with Crippen LogP contribution < -0.4 is 14.8 Å². The number of ether oxygens (including phenoxy) is 2. The SMILES string of the molecule is C=CCOc1cc2c(Nc3ccc(Cl)c(F)c3)ncnc2cc1OC. The van der Waals surface area contributed by atoms with Crippen molar-refractivity contribution in [1.82, 2.24) is 9.97 Å². The summed E-state index contributed by atoms with van der Waals surface area (Å²) in [6, 6.07) is 7.96.